The summed E-state index contributed by atoms with van der Waals surface area (Å²) in [6.45, 7) is 0. The van der Waals surface area contributed by atoms with Crippen LogP contribution in [0.5, 0.6) is 0 Å². The zero-order valence-electron chi connectivity index (χ0n) is 19.9. The van der Waals surface area contributed by atoms with E-state index >= 15 is 4.39 Å². The zero-order valence-corrected chi connectivity index (χ0v) is 19.9. The number of hydrogen-bond donors (Lipinski definition) is 3. The number of halogens is 3. The van der Waals surface area contributed by atoms with Crippen LogP contribution < -0.4 is 5.32 Å². The molecule has 0 spiro atoms. The van der Waals surface area contributed by atoms with Gasteiger partial charge in [0.15, 0.2) is 11.6 Å². The number of H-pyrrole nitrogens is 1. The maximum atomic E-state index is 16.2. The van der Waals surface area contributed by atoms with Crippen LogP contribution in [-0.4, -0.2) is 37.1 Å². The third kappa shape index (κ3) is 3.75. The van der Waals surface area contributed by atoms with Crippen molar-refractivity contribution in [3.8, 4) is 28.5 Å². The Morgan fingerprint density at radius 2 is 1.82 bits per heavy atom. The van der Waals surface area contributed by atoms with Gasteiger partial charge in [-0.2, -0.15) is 5.26 Å². The lowest BCUT2D eigenvalue weighted by molar-refractivity contribution is -0.148. The van der Waals surface area contributed by atoms with Gasteiger partial charge in [0, 0.05) is 52.8 Å². The number of pyridine rings is 1. The van der Waals surface area contributed by atoms with Crippen LogP contribution in [0.2, 0.25) is 0 Å². The van der Waals surface area contributed by atoms with Crippen molar-refractivity contribution in [3.05, 3.63) is 60.1 Å². The molecule has 3 aliphatic rings. The molecule has 4 aromatic rings. The molecule has 2 atom stereocenters. The fraction of sp³-hybridized carbons (Fsp3) is 0.296. The maximum Gasteiger partial charge on any atom is 0.308 e. The van der Waals surface area contributed by atoms with Crippen molar-refractivity contribution in [1.82, 2.24) is 19.9 Å². The van der Waals surface area contributed by atoms with Crippen LogP contribution >= 0.6 is 0 Å². The van der Waals surface area contributed by atoms with E-state index in [4.69, 9.17) is 0 Å². The standard InChI is InChI=1S/C27H21F3N6O2/c28-15-5-16-18(10-34-25(16)19(29)6-15)24-17(7-31)20(14-8-32-11-33-9-14)22(30)26(36-24)35-23-13-3-1-12(2-4-13)21(23)27(37)38/h5-6,8-13,21,23,34H,1-4H2,(H,35,36)(H,37,38)/t12?,13?,21-,23-/m0/s1. The first-order chi connectivity index (χ1) is 18.4. The first kappa shape index (κ1) is 23.9. The van der Waals surface area contributed by atoms with Gasteiger partial charge in [0.2, 0.25) is 0 Å². The summed E-state index contributed by atoms with van der Waals surface area (Å²) in [7, 11) is 0. The summed E-state index contributed by atoms with van der Waals surface area (Å²) >= 11 is 0. The van der Waals surface area contributed by atoms with E-state index in [1.165, 1.54) is 24.9 Å². The fourth-order valence-corrected chi connectivity index (χ4v) is 6.18. The SMILES string of the molecule is N#Cc1c(-c2c[nH]c3c(F)cc(F)cc23)nc(N[C@H]2C3CCC(CC3)[C@@H]2C(=O)O)c(F)c1-c1cncnc1. The van der Waals surface area contributed by atoms with Crippen molar-refractivity contribution in [2.24, 2.45) is 17.8 Å². The van der Waals surface area contributed by atoms with Crippen LogP contribution in [0.4, 0.5) is 19.0 Å². The Morgan fingerprint density at radius 3 is 2.50 bits per heavy atom. The average Bonchev–Trinajstić information content (AvgIpc) is 3.34. The second-order valence-electron chi connectivity index (χ2n) is 9.83. The molecular formula is C27H21F3N6O2. The number of aliphatic carboxylic acids is 1. The molecule has 7 rings (SSSR count). The molecule has 192 valence electrons. The first-order valence-electron chi connectivity index (χ1n) is 12.2. The number of carbonyl (C=O) groups is 1. The van der Waals surface area contributed by atoms with E-state index in [0.29, 0.717) is 0 Å². The molecule has 0 aliphatic heterocycles. The molecule has 0 unspecified atom stereocenters. The van der Waals surface area contributed by atoms with Crippen molar-refractivity contribution in [1.29, 1.82) is 5.26 Å². The normalized spacial score (nSPS) is 22.4. The smallest absolute Gasteiger partial charge is 0.308 e. The minimum atomic E-state index is -0.953. The van der Waals surface area contributed by atoms with E-state index in [0.717, 1.165) is 37.8 Å². The van der Waals surface area contributed by atoms with Crippen molar-refractivity contribution >= 4 is 22.7 Å². The monoisotopic (exact) mass is 518 g/mol. The maximum absolute atomic E-state index is 16.2. The highest BCUT2D eigenvalue weighted by Crippen LogP contribution is 2.47. The molecule has 38 heavy (non-hydrogen) atoms. The number of benzene rings is 1. The molecule has 0 saturated heterocycles. The lowest BCUT2D eigenvalue weighted by Gasteiger charge is -2.47. The average molecular weight is 518 g/mol. The van der Waals surface area contributed by atoms with E-state index in [2.05, 4.69) is 25.3 Å². The van der Waals surface area contributed by atoms with Gasteiger partial charge in [-0.25, -0.2) is 28.1 Å². The van der Waals surface area contributed by atoms with E-state index < -0.39 is 35.4 Å². The van der Waals surface area contributed by atoms with Gasteiger partial charge in [-0.05, 0) is 43.6 Å². The van der Waals surface area contributed by atoms with Crippen molar-refractivity contribution < 1.29 is 23.1 Å². The summed E-state index contributed by atoms with van der Waals surface area (Å²) in [4.78, 5) is 27.3. The number of anilines is 1. The van der Waals surface area contributed by atoms with Crippen LogP contribution in [0.1, 0.15) is 31.2 Å². The number of aromatic nitrogens is 4. The predicted octanol–water partition coefficient (Wildman–Crippen LogP) is 5.28. The molecule has 3 aromatic heterocycles. The van der Waals surface area contributed by atoms with Crippen molar-refractivity contribution in [3.63, 3.8) is 0 Å². The number of aromatic amines is 1. The Kier molecular flexibility index (Phi) is 5.75. The van der Waals surface area contributed by atoms with Crippen LogP contribution in [-0.2, 0) is 4.79 Å². The molecule has 0 radical (unpaired) electrons. The third-order valence-electron chi connectivity index (χ3n) is 7.87. The molecule has 0 amide bonds. The summed E-state index contributed by atoms with van der Waals surface area (Å²) in [6.07, 6.45) is 8.56. The molecule has 3 heterocycles. The minimum absolute atomic E-state index is 0.00560. The van der Waals surface area contributed by atoms with E-state index in [1.54, 1.807) is 0 Å². The number of nitrogens with one attached hydrogen (secondary N) is 2. The molecule has 3 fully saturated rings. The van der Waals surface area contributed by atoms with E-state index in [1.807, 2.05) is 6.07 Å². The molecule has 8 nitrogen and oxygen atoms in total. The lowest BCUT2D eigenvalue weighted by Crippen LogP contribution is -2.51. The van der Waals surface area contributed by atoms with Crippen LogP contribution in [0, 0.1) is 46.5 Å². The predicted molar refractivity (Wildman–Crippen MR) is 131 cm³/mol. The van der Waals surface area contributed by atoms with Gasteiger partial charge in [0.05, 0.1) is 22.7 Å². The lowest BCUT2D eigenvalue weighted by atomic mass is 9.61. The Labute approximate surface area is 214 Å². The summed E-state index contributed by atoms with van der Waals surface area (Å²) in [5, 5.41) is 23.3. The molecule has 3 saturated carbocycles. The van der Waals surface area contributed by atoms with E-state index in [9.17, 15) is 23.9 Å². The fourth-order valence-electron chi connectivity index (χ4n) is 6.18. The van der Waals surface area contributed by atoms with Gasteiger partial charge in [-0.15, -0.1) is 0 Å². The molecule has 11 heteroatoms. The van der Waals surface area contributed by atoms with Gasteiger partial charge >= 0.3 is 5.97 Å². The number of fused-ring (bicyclic) bond motifs is 4. The minimum Gasteiger partial charge on any atom is -0.481 e. The molecule has 3 aliphatic carbocycles. The van der Waals surface area contributed by atoms with Crippen molar-refractivity contribution in [2.75, 3.05) is 5.32 Å². The number of carboxylic acids is 1. The van der Waals surface area contributed by atoms with E-state index in [-0.39, 0.29) is 56.5 Å². The molecule has 2 bridgehead atoms. The number of nitriles is 1. The second kappa shape index (κ2) is 9.13. The molecule has 3 N–H and O–H groups in total. The summed E-state index contributed by atoms with van der Waals surface area (Å²) < 4.78 is 44.8. The van der Waals surface area contributed by atoms with Crippen LogP contribution in [0.25, 0.3) is 33.3 Å². The van der Waals surface area contributed by atoms with Gasteiger partial charge in [0.1, 0.15) is 24.0 Å². The molecule has 1 aromatic carbocycles. The van der Waals surface area contributed by atoms with Crippen LogP contribution in [0.3, 0.4) is 0 Å². The second-order valence-corrected chi connectivity index (χ2v) is 9.83. The number of rotatable bonds is 5. The summed E-state index contributed by atoms with van der Waals surface area (Å²) in [6, 6.07) is 3.26. The third-order valence-corrected chi connectivity index (χ3v) is 7.87. The Balaban J connectivity index is 1.58. The topological polar surface area (TPSA) is 128 Å². The number of hydrogen-bond acceptors (Lipinski definition) is 6. The highest BCUT2D eigenvalue weighted by molar-refractivity contribution is 5.98. The Hall–Kier alpha value is -4.46. The highest BCUT2D eigenvalue weighted by atomic mass is 19.1. The van der Waals surface area contributed by atoms with Crippen LogP contribution in [0.15, 0.2) is 37.1 Å². The van der Waals surface area contributed by atoms with Gasteiger partial charge < -0.3 is 15.4 Å². The Bertz CT molecular complexity index is 1610. The Morgan fingerprint density at radius 1 is 1.11 bits per heavy atom. The van der Waals surface area contributed by atoms with Gasteiger partial charge in [-0.1, -0.05) is 0 Å². The van der Waals surface area contributed by atoms with Gasteiger partial charge in [0.25, 0.3) is 0 Å². The zero-order chi connectivity index (χ0) is 26.6. The highest BCUT2D eigenvalue weighted by Gasteiger charge is 2.47. The number of carboxylic acid groups (broad SMARTS) is 1. The number of nitrogens with zero attached hydrogens (tertiary/aromatic N) is 4. The van der Waals surface area contributed by atoms with Gasteiger partial charge in [-0.3, -0.25) is 4.79 Å². The summed E-state index contributed by atoms with van der Waals surface area (Å²) in [5.74, 6) is -4.44. The first-order valence-corrected chi connectivity index (χ1v) is 12.2. The summed E-state index contributed by atoms with van der Waals surface area (Å²) in [5.41, 5.74) is 0.0693. The van der Waals surface area contributed by atoms with Crippen molar-refractivity contribution in [2.45, 2.75) is 31.7 Å². The molecular weight excluding hydrogens is 497 g/mol. The quantitative estimate of drug-likeness (QED) is 0.328. The largest absolute Gasteiger partial charge is 0.481 e.